The van der Waals surface area contributed by atoms with Gasteiger partial charge < -0.3 is 0 Å². The van der Waals surface area contributed by atoms with E-state index in [1.165, 1.54) is 6.07 Å². The van der Waals surface area contributed by atoms with E-state index in [9.17, 15) is 4.39 Å². The van der Waals surface area contributed by atoms with Crippen molar-refractivity contribution in [2.45, 2.75) is 6.92 Å². The Morgan fingerprint density at radius 2 is 1.91 bits per heavy atom. The average Bonchev–Trinajstić information content (AvgIpc) is 1.97. The van der Waals surface area contributed by atoms with Gasteiger partial charge in [0.15, 0.2) is 0 Å². The van der Waals surface area contributed by atoms with Crippen molar-refractivity contribution >= 4 is 6.08 Å². The summed E-state index contributed by atoms with van der Waals surface area (Å²) in [6, 6.07) is 6.70. The maximum Gasteiger partial charge on any atom is 0.231 e. The lowest BCUT2D eigenvalue weighted by Crippen LogP contribution is -1.76. The Kier molecular flexibility index (Phi) is 4.61. The van der Waals surface area contributed by atoms with E-state index < -0.39 is 0 Å². The summed E-state index contributed by atoms with van der Waals surface area (Å²) in [6.45, 7) is 1.75. The van der Waals surface area contributed by atoms with E-state index >= 15 is 0 Å². The molecule has 58 valence electrons. The predicted octanol–water partition coefficient (Wildman–Crippen LogP) is 2.04. The van der Waals surface area contributed by atoms with Crippen LogP contribution in [0.25, 0.3) is 0 Å². The lowest BCUT2D eigenvalue weighted by atomic mass is 10.2. The molecule has 0 heterocycles. The van der Waals surface area contributed by atoms with E-state index in [0.717, 1.165) is 6.08 Å². The molecule has 0 saturated heterocycles. The zero-order valence-corrected chi connectivity index (χ0v) is 6.10. The standard InChI is InChI=1S/C7H7F.CHNO/c1-6-4-2-3-5-7(6)8;2-1-3/h2-5H,1H3;2H. The molecule has 2 nitrogen and oxygen atoms in total. The number of aryl methyl sites for hydroxylation is 1. The van der Waals surface area contributed by atoms with Gasteiger partial charge in [0.25, 0.3) is 0 Å². The van der Waals surface area contributed by atoms with Crippen molar-refractivity contribution in [1.29, 1.82) is 5.41 Å². The van der Waals surface area contributed by atoms with Gasteiger partial charge in [0, 0.05) is 0 Å². The highest BCUT2D eigenvalue weighted by Crippen LogP contribution is 2.01. The van der Waals surface area contributed by atoms with Crippen molar-refractivity contribution in [3.8, 4) is 0 Å². The van der Waals surface area contributed by atoms with Crippen molar-refractivity contribution in [2.24, 2.45) is 0 Å². The van der Waals surface area contributed by atoms with E-state index in [-0.39, 0.29) is 5.82 Å². The molecule has 0 spiro atoms. The molecule has 3 heteroatoms. The van der Waals surface area contributed by atoms with Crippen LogP contribution in [-0.2, 0) is 4.79 Å². The monoisotopic (exact) mass is 153 g/mol. The molecule has 1 aromatic carbocycles. The number of rotatable bonds is 0. The molecular formula is C8H8FNO. The molecule has 0 saturated carbocycles. The number of isocyanates is 1. The number of benzene rings is 1. The van der Waals surface area contributed by atoms with Crippen LogP contribution in [-0.4, -0.2) is 6.08 Å². The van der Waals surface area contributed by atoms with E-state index in [2.05, 4.69) is 0 Å². The predicted molar refractivity (Wildman–Crippen MR) is 39.6 cm³/mol. The maximum atomic E-state index is 12.3. The quantitative estimate of drug-likeness (QED) is 0.449. The molecule has 1 aromatic rings. The van der Waals surface area contributed by atoms with Gasteiger partial charge in [0.05, 0.1) is 0 Å². The number of halogens is 1. The van der Waals surface area contributed by atoms with Gasteiger partial charge in [0.2, 0.25) is 6.08 Å². The van der Waals surface area contributed by atoms with Gasteiger partial charge in [-0.2, -0.15) is 0 Å². The number of carbonyl (C=O) groups excluding carboxylic acids is 1. The topological polar surface area (TPSA) is 40.9 Å². The normalized spacial score (nSPS) is 7.45. The van der Waals surface area contributed by atoms with Crippen LogP contribution in [0.3, 0.4) is 0 Å². The molecule has 0 amide bonds. The van der Waals surface area contributed by atoms with Crippen molar-refractivity contribution in [3.63, 3.8) is 0 Å². The van der Waals surface area contributed by atoms with Gasteiger partial charge in [-0.1, -0.05) is 18.2 Å². The van der Waals surface area contributed by atoms with Crippen LogP contribution in [0.1, 0.15) is 5.56 Å². The molecule has 0 atom stereocenters. The molecule has 0 bridgehead atoms. The summed E-state index contributed by atoms with van der Waals surface area (Å²) in [7, 11) is 0. The molecule has 1 rings (SSSR count). The fourth-order valence-corrected chi connectivity index (χ4v) is 0.551. The first-order valence-electron chi connectivity index (χ1n) is 2.97. The summed E-state index contributed by atoms with van der Waals surface area (Å²) in [5.41, 5.74) is 0.701. The summed E-state index contributed by atoms with van der Waals surface area (Å²) in [4.78, 5) is 8.35. The van der Waals surface area contributed by atoms with E-state index in [1.54, 1.807) is 19.1 Å². The number of hydrogen-bond acceptors (Lipinski definition) is 2. The van der Waals surface area contributed by atoms with Crippen LogP contribution in [0.15, 0.2) is 24.3 Å². The fraction of sp³-hybridized carbons (Fsp3) is 0.125. The van der Waals surface area contributed by atoms with Crippen LogP contribution < -0.4 is 0 Å². The molecule has 0 fully saturated rings. The third-order valence-corrected chi connectivity index (χ3v) is 1.08. The molecular weight excluding hydrogens is 145 g/mol. The third-order valence-electron chi connectivity index (χ3n) is 1.08. The highest BCUT2D eigenvalue weighted by atomic mass is 19.1. The smallest absolute Gasteiger partial charge is 0.222 e. The minimum atomic E-state index is -0.132. The molecule has 0 aromatic heterocycles. The molecule has 0 aliphatic carbocycles. The summed E-state index contributed by atoms with van der Waals surface area (Å²) in [5.74, 6) is -0.132. The first-order chi connectivity index (χ1) is 5.22. The van der Waals surface area contributed by atoms with Crippen LogP contribution in [0.2, 0.25) is 0 Å². The zero-order valence-electron chi connectivity index (χ0n) is 6.10. The molecule has 0 unspecified atom stereocenters. The van der Waals surface area contributed by atoms with Crippen LogP contribution >= 0.6 is 0 Å². The minimum Gasteiger partial charge on any atom is -0.222 e. The van der Waals surface area contributed by atoms with Crippen LogP contribution in [0.4, 0.5) is 4.39 Å². The Balaban J connectivity index is 0.000000292. The Morgan fingerprint density at radius 1 is 1.45 bits per heavy atom. The van der Waals surface area contributed by atoms with E-state index in [0.29, 0.717) is 5.56 Å². The highest BCUT2D eigenvalue weighted by molar-refractivity contribution is 5.26. The third kappa shape index (κ3) is 4.00. The molecule has 0 radical (unpaired) electrons. The Bertz CT molecular complexity index is 233. The Labute approximate surface area is 64.2 Å². The maximum absolute atomic E-state index is 12.3. The lowest BCUT2D eigenvalue weighted by Gasteiger charge is -1.89. The lowest BCUT2D eigenvalue weighted by molar-refractivity contribution is 0.563. The zero-order chi connectivity index (χ0) is 8.69. The van der Waals surface area contributed by atoms with Crippen molar-refractivity contribution < 1.29 is 9.18 Å². The molecule has 0 aliphatic rings. The van der Waals surface area contributed by atoms with Gasteiger partial charge >= 0.3 is 0 Å². The summed E-state index contributed by atoms with van der Waals surface area (Å²) >= 11 is 0. The van der Waals surface area contributed by atoms with Crippen molar-refractivity contribution in [1.82, 2.24) is 0 Å². The SMILES string of the molecule is Cc1ccccc1F.N=C=O. The minimum absolute atomic E-state index is 0.132. The van der Waals surface area contributed by atoms with Gasteiger partial charge in [-0.25, -0.2) is 14.6 Å². The van der Waals surface area contributed by atoms with E-state index in [4.69, 9.17) is 10.2 Å². The van der Waals surface area contributed by atoms with E-state index in [1.807, 2.05) is 6.07 Å². The van der Waals surface area contributed by atoms with Crippen LogP contribution in [0, 0.1) is 18.2 Å². The number of nitrogens with one attached hydrogen (secondary N) is 1. The number of hydrogen-bond donors (Lipinski definition) is 1. The first-order valence-corrected chi connectivity index (χ1v) is 2.97. The fourth-order valence-electron chi connectivity index (χ4n) is 0.551. The van der Waals surface area contributed by atoms with Gasteiger partial charge in [0.1, 0.15) is 5.82 Å². The highest BCUT2D eigenvalue weighted by Gasteiger charge is 1.88. The Hall–Kier alpha value is -1.47. The van der Waals surface area contributed by atoms with Gasteiger partial charge in [-0.3, -0.25) is 0 Å². The second-order valence-corrected chi connectivity index (χ2v) is 1.85. The summed E-state index contributed by atoms with van der Waals surface area (Å²) in [6.07, 6.45) is 0.750. The second kappa shape index (κ2) is 5.33. The average molecular weight is 153 g/mol. The molecule has 1 N–H and O–H groups in total. The largest absolute Gasteiger partial charge is 0.231 e. The molecule has 0 aliphatic heterocycles. The van der Waals surface area contributed by atoms with Crippen molar-refractivity contribution in [2.75, 3.05) is 0 Å². The van der Waals surface area contributed by atoms with Gasteiger partial charge in [-0.15, -0.1) is 0 Å². The first kappa shape index (κ1) is 9.53. The van der Waals surface area contributed by atoms with Crippen LogP contribution in [0.5, 0.6) is 0 Å². The summed E-state index contributed by atoms with van der Waals surface area (Å²) < 4.78 is 12.3. The Morgan fingerprint density at radius 3 is 2.18 bits per heavy atom. The van der Waals surface area contributed by atoms with Gasteiger partial charge in [-0.05, 0) is 18.6 Å². The summed E-state index contributed by atoms with van der Waals surface area (Å²) in [5, 5.41) is 5.40. The van der Waals surface area contributed by atoms with Crippen molar-refractivity contribution in [3.05, 3.63) is 35.6 Å². The molecule has 11 heavy (non-hydrogen) atoms. The second-order valence-electron chi connectivity index (χ2n) is 1.85.